The topological polar surface area (TPSA) is 106 Å². The van der Waals surface area contributed by atoms with Crippen molar-refractivity contribution < 1.29 is 18.7 Å². The van der Waals surface area contributed by atoms with E-state index < -0.39 is 17.3 Å². The second kappa shape index (κ2) is 12.0. The van der Waals surface area contributed by atoms with Gasteiger partial charge in [-0.15, -0.1) is 0 Å². The van der Waals surface area contributed by atoms with Crippen LogP contribution in [-0.4, -0.2) is 51.6 Å². The normalized spacial score (nSPS) is 13.5. The van der Waals surface area contributed by atoms with Crippen LogP contribution in [0.15, 0.2) is 59.5 Å². The standard InChI is InChI=1S/C30H26Cl2FN5O4/c1-16(39)18-14-38(15-18)13-17-12-23(33)27(36-29(17)42-3)21-8-4-6-19(25(21)31)20-7-5-9-24(26(20)32)35-28(40)22-10-11-34-37(2)30(22)41/h4-12,18H,13-15H2,1-3H3,(H,35,40). The first kappa shape index (κ1) is 29.4. The lowest BCUT2D eigenvalue weighted by Crippen LogP contribution is -2.49. The Bertz CT molecular complexity index is 1770. The molecule has 42 heavy (non-hydrogen) atoms. The third-order valence-electron chi connectivity index (χ3n) is 7.18. The highest BCUT2D eigenvalue weighted by Gasteiger charge is 2.31. The van der Waals surface area contributed by atoms with E-state index in [-0.39, 0.29) is 44.6 Å². The molecule has 0 bridgehead atoms. The van der Waals surface area contributed by atoms with E-state index >= 15 is 4.39 Å². The fourth-order valence-corrected chi connectivity index (χ4v) is 5.41. The fourth-order valence-electron chi connectivity index (χ4n) is 4.81. The van der Waals surface area contributed by atoms with Crippen LogP contribution in [0.4, 0.5) is 10.1 Å². The molecule has 4 aromatic rings. The first-order chi connectivity index (χ1) is 20.1. The number of rotatable bonds is 8. The van der Waals surface area contributed by atoms with Crippen molar-refractivity contribution in [2.24, 2.45) is 13.0 Å². The number of pyridine rings is 1. The summed E-state index contributed by atoms with van der Waals surface area (Å²) in [5.74, 6) is -0.842. The van der Waals surface area contributed by atoms with Gasteiger partial charge in [-0.25, -0.2) is 14.1 Å². The number of anilines is 1. The molecule has 0 saturated carbocycles. The summed E-state index contributed by atoms with van der Waals surface area (Å²) in [6, 6.07) is 12.7. The van der Waals surface area contributed by atoms with Crippen molar-refractivity contribution in [2.75, 3.05) is 25.5 Å². The number of likely N-dealkylation sites (tertiary alicyclic amines) is 1. The molecule has 1 aliphatic rings. The van der Waals surface area contributed by atoms with E-state index in [0.29, 0.717) is 41.9 Å². The summed E-state index contributed by atoms with van der Waals surface area (Å²) in [7, 11) is 2.90. The molecule has 1 amide bonds. The molecular formula is C30H26Cl2FN5O4. The number of hydrogen-bond acceptors (Lipinski definition) is 7. The molecule has 12 heteroatoms. The van der Waals surface area contributed by atoms with Crippen molar-refractivity contribution in [3.63, 3.8) is 0 Å². The molecule has 0 aliphatic carbocycles. The molecule has 0 atom stereocenters. The number of carbonyl (C=O) groups is 2. The van der Waals surface area contributed by atoms with Crippen LogP contribution >= 0.6 is 23.2 Å². The summed E-state index contributed by atoms with van der Waals surface area (Å²) in [5.41, 5.74) is 1.45. The van der Waals surface area contributed by atoms with Gasteiger partial charge in [-0.05, 0) is 25.1 Å². The van der Waals surface area contributed by atoms with Gasteiger partial charge in [0.2, 0.25) is 5.88 Å². The van der Waals surface area contributed by atoms with E-state index in [1.165, 1.54) is 32.5 Å². The molecular weight excluding hydrogens is 584 g/mol. The number of carbonyl (C=O) groups excluding carboxylic acids is 2. The number of aryl methyl sites for hydroxylation is 1. The first-order valence-corrected chi connectivity index (χ1v) is 13.7. The number of halogens is 3. The maximum Gasteiger partial charge on any atom is 0.279 e. The predicted octanol–water partition coefficient (Wildman–Crippen LogP) is 5.24. The summed E-state index contributed by atoms with van der Waals surface area (Å²) in [6.45, 7) is 3.18. The SMILES string of the molecule is COc1nc(-c2cccc(-c3cccc(NC(=O)c4ccnn(C)c4=O)c3Cl)c2Cl)c(F)cc1CN1CC(C(C)=O)C1. The number of ether oxygens (including phenoxy) is 1. The van der Waals surface area contributed by atoms with Gasteiger partial charge < -0.3 is 10.1 Å². The molecule has 0 spiro atoms. The van der Waals surface area contributed by atoms with Crippen molar-refractivity contribution in [1.29, 1.82) is 0 Å². The molecule has 9 nitrogen and oxygen atoms in total. The smallest absolute Gasteiger partial charge is 0.279 e. The summed E-state index contributed by atoms with van der Waals surface area (Å²) >= 11 is 13.5. The van der Waals surface area contributed by atoms with Crippen molar-refractivity contribution >= 4 is 40.6 Å². The Hall–Kier alpha value is -4.12. The summed E-state index contributed by atoms with van der Waals surface area (Å²) in [6.07, 6.45) is 1.35. The number of methoxy groups -OCH3 is 1. The third-order valence-corrected chi connectivity index (χ3v) is 7.99. The van der Waals surface area contributed by atoms with E-state index in [0.717, 1.165) is 4.68 Å². The molecule has 5 rings (SSSR count). The minimum Gasteiger partial charge on any atom is -0.481 e. The van der Waals surface area contributed by atoms with Crippen LogP contribution in [0.2, 0.25) is 10.0 Å². The molecule has 0 unspecified atom stereocenters. The van der Waals surface area contributed by atoms with Crippen molar-refractivity contribution in [3.8, 4) is 28.3 Å². The van der Waals surface area contributed by atoms with Crippen LogP contribution < -0.4 is 15.6 Å². The van der Waals surface area contributed by atoms with Gasteiger partial charge in [0.1, 0.15) is 22.9 Å². The summed E-state index contributed by atoms with van der Waals surface area (Å²) < 4.78 is 22.0. The zero-order chi connectivity index (χ0) is 30.1. The van der Waals surface area contributed by atoms with Gasteiger partial charge in [0, 0.05) is 61.1 Å². The predicted molar refractivity (Wildman–Crippen MR) is 159 cm³/mol. The van der Waals surface area contributed by atoms with Gasteiger partial charge in [0.05, 0.1) is 22.8 Å². The Labute approximate surface area is 250 Å². The molecule has 216 valence electrons. The minimum atomic E-state index is -0.648. The van der Waals surface area contributed by atoms with Gasteiger partial charge in [-0.2, -0.15) is 5.10 Å². The second-order valence-electron chi connectivity index (χ2n) is 9.95. The molecule has 1 fully saturated rings. The number of aromatic nitrogens is 3. The maximum atomic E-state index is 15.5. The third kappa shape index (κ3) is 5.65. The van der Waals surface area contributed by atoms with Crippen molar-refractivity contribution in [3.05, 3.63) is 92.1 Å². The van der Waals surface area contributed by atoms with E-state index in [4.69, 9.17) is 27.9 Å². The highest BCUT2D eigenvalue weighted by atomic mass is 35.5. The van der Waals surface area contributed by atoms with Gasteiger partial charge >= 0.3 is 0 Å². The van der Waals surface area contributed by atoms with E-state index in [2.05, 4.69) is 15.4 Å². The average molecular weight is 610 g/mol. The second-order valence-corrected chi connectivity index (χ2v) is 10.7. The number of ketones is 1. The van der Waals surface area contributed by atoms with Gasteiger partial charge in [-0.3, -0.25) is 19.3 Å². The molecule has 1 aliphatic heterocycles. The first-order valence-electron chi connectivity index (χ1n) is 13.0. The number of nitrogens with one attached hydrogen (secondary N) is 1. The zero-order valence-electron chi connectivity index (χ0n) is 23.0. The monoisotopic (exact) mass is 609 g/mol. The Morgan fingerprint density at radius 3 is 2.43 bits per heavy atom. The lowest BCUT2D eigenvalue weighted by molar-refractivity contribution is -0.126. The largest absolute Gasteiger partial charge is 0.481 e. The highest BCUT2D eigenvalue weighted by molar-refractivity contribution is 6.39. The van der Waals surface area contributed by atoms with Crippen LogP contribution in [0.5, 0.6) is 5.88 Å². The van der Waals surface area contributed by atoms with E-state index in [1.54, 1.807) is 43.3 Å². The van der Waals surface area contributed by atoms with Crippen molar-refractivity contribution in [1.82, 2.24) is 19.7 Å². The van der Waals surface area contributed by atoms with Crippen molar-refractivity contribution in [2.45, 2.75) is 13.5 Å². The van der Waals surface area contributed by atoms with Crippen LogP contribution in [0.25, 0.3) is 22.4 Å². The van der Waals surface area contributed by atoms with Crippen LogP contribution in [0.3, 0.4) is 0 Å². The molecule has 1 N–H and O–H groups in total. The highest BCUT2D eigenvalue weighted by Crippen LogP contribution is 2.42. The molecule has 1 saturated heterocycles. The summed E-state index contributed by atoms with van der Waals surface area (Å²) in [4.78, 5) is 43.2. The Morgan fingerprint density at radius 2 is 1.74 bits per heavy atom. The van der Waals surface area contributed by atoms with Gasteiger partial charge in [0.25, 0.3) is 11.5 Å². The zero-order valence-corrected chi connectivity index (χ0v) is 24.5. The van der Waals surface area contributed by atoms with E-state index in [1.807, 2.05) is 4.90 Å². The lowest BCUT2D eigenvalue weighted by atomic mass is 9.95. The van der Waals surface area contributed by atoms with Gasteiger partial charge in [-0.1, -0.05) is 53.5 Å². The molecule has 0 radical (unpaired) electrons. The number of Topliss-reactive ketones (excluding diaryl/α,β-unsaturated/α-hetero) is 1. The summed E-state index contributed by atoms with van der Waals surface area (Å²) in [5, 5.41) is 6.86. The van der Waals surface area contributed by atoms with Crippen LogP contribution in [0.1, 0.15) is 22.8 Å². The van der Waals surface area contributed by atoms with E-state index in [9.17, 15) is 14.4 Å². The van der Waals surface area contributed by atoms with Crippen LogP contribution in [0, 0.1) is 11.7 Å². The lowest BCUT2D eigenvalue weighted by Gasteiger charge is -2.37. The molecule has 2 aromatic heterocycles. The Morgan fingerprint density at radius 1 is 1.07 bits per heavy atom. The number of nitrogens with zero attached hydrogens (tertiary/aromatic N) is 4. The quantitative estimate of drug-likeness (QED) is 0.291. The Kier molecular flexibility index (Phi) is 8.40. The molecule has 2 aromatic carbocycles. The number of hydrogen-bond donors (Lipinski definition) is 1. The van der Waals surface area contributed by atoms with Crippen LogP contribution in [-0.2, 0) is 18.4 Å². The molecule has 3 heterocycles. The number of amides is 1. The van der Waals surface area contributed by atoms with Gasteiger partial charge in [0.15, 0.2) is 0 Å². The number of benzene rings is 2. The minimum absolute atomic E-state index is 0.00165. The average Bonchev–Trinajstić information content (AvgIpc) is 2.93. The fraction of sp³-hybridized carbons (Fsp3) is 0.233. The maximum absolute atomic E-state index is 15.5. The Balaban J connectivity index is 1.46.